The predicted octanol–water partition coefficient (Wildman–Crippen LogP) is 2.47. The molecule has 2 aromatic rings. The highest BCUT2D eigenvalue weighted by molar-refractivity contribution is 7.17. The number of aryl methyl sites for hydroxylation is 1. The Bertz CT molecular complexity index is 896. The molecule has 0 N–H and O–H groups in total. The Kier molecular flexibility index (Phi) is 5.12. The molecule has 27 heavy (non-hydrogen) atoms. The molecule has 4 heterocycles. The second-order valence-corrected chi connectivity index (χ2v) is 8.73. The molecule has 0 aromatic carbocycles. The van der Waals surface area contributed by atoms with E-state index in [-0.39, 0.29) is 24.9 Å². The van der Waals surface area contributed by atoms with Crippen LogP contribution < -0.4 is 4.90 Å². The molecular weight excluding hydrogens is 382 g/mol. The summed E-state index contributed by atoms with van der Waals surface area (Å²) in [4.78, 5) is 35.9. The van der Waals surface area contributed by atoms with Gasteiger partial charge in [-0.2, -0.15) is 0 Å². The zero-order valence-corrected chi connectivity index (χ0v) is 17.0. The summed E-state index contributed by atoms with van der Waals surface area (Å²) in [7, 11) is 0. The highest BCUT2D eigenvalue weighted by Crippen LogP contribution is 2.39. The van der Waals surface area contributed by atoms with Gasteiger partial charge in [0.1, 0.15) is 18.1 Å². The van der Waals surface area contributed by atoms with Crippen molar-refractivity contribution in [2.75, 3.05) is 44.3 Å². The lowest BCUT2D eigenvalue weighted by atomic mass is 10.1. The van der Waals surface area contributed by atoms with Crippen molar-refractivity contribution in [3.63, 3.8) is 0 Å². The van der Waals surface area contributed by atoms with E-state index in [0.717, 1.165) is 31.6 Å². The van der Waals surface area contributed by atoms with Crippen molar-refractivity contribution >= 4 is 45.2 Å². The molecule has 0 unspecified atom stereocenters. The van der Waals surface area contributed by atoms with E-state index in [0.29, 0.717) is 26.3 Å². The van der Waals surface area contributed by atoms with Gasteiger partial charge in [0, 0.05) is 23.5 Å². The first-order valence-electron chi connectivity index (χ1n) is 8.91. The summed E-state index contributed by atoms with van der Waals surface area (Å²) in [5.41, 5.74) is 2.97. The van der Waals surface area contributed by atoms with Crippen molar-refractivity contribution in [2.45, 2.75) is 13.8 Å². The number of carbonyl (C=O) groups excluding carboxylic acids is 2. The van der Waals surface area contributed by atoms with Crippen LogP contribution >= 0.6 is 22.7 Å². The van der Waals surface area contributed by atoms with E-state index < -0.39 is 0 Å². The van der Waals surface area contributed by atoms with Crippen LogP contribution in [0, 0.1) is 13.8 Å². The number of ether oxygens (including phenoxy) is 1. The van der Waals surface area contributed by atoms with Crippen molar-refractivity contribution in [3.05, 3.63) is 38.4 Å². The molecule has 2 aromatic heterocycles. The molecular formula is C19H21N3O3S2. The predicted molar refractivity (Wildman–Crippen MR) is 108 cm³/mol. The summed E-state index contributed by atoms with van der Waals surface area (Å²) >= 11 is 3.18. The van der Waals surface area contributed by atoms with E-state index in [2.05, 4.69) is 11.9 Å². The molecule has 1 fully saturated rings. The molecule has 6 nitrogen and oxygen atoms in total. The first-order valence-corrected chi connectivity index (χ1v) is 10.6. The number of nitrogens with zero attached hydrogens (tertiary/aromatic N) is 3. The van der Waals surface area contributed by atoms with Gasteiger partial charge in [-0.25, -0.2) is 0 Å². The summed E-state index contributed by atoms with van der Waals surface area (Å²) in [5, 5.41) is 2.85. The lowest BCUT2D eigenvalue weighted by Gasteiger charge is -2.29. The number of anilines is 1. The highest BCUT2D eigenvalue weighted by atomic mass is 32.1. The molecule has 0 radical (unpaired) electrons. The fourth-order valence-electron chi connectivity index (χ4n) is 3.32. The quantitative estimate of drug-likeness (QED) is 0.791. The average Bonchev–Trinajstić information content (AvgIpc) is 3.28. The first-order chi connectivity index (χ1) is 13.1. The summed E-state index contributed by atoms with van der Waals surface area (Å²) in [6.07, 6.45) is 0. The van der Waals surface area contributed by atoms with Crippen LogP contribution in [0.4, 0.5) is 5.00 Å². The Labute approximate surface area is 166 Å². The van der Waals surface area contributed by atoms with Crippen LogP contribution in [0.2, 0.25) is 0 Å². The van der Waals surface area contributed by atoms with Gasteiger partial charge in [-0.15, -0.1) is 22.7 Å². The maximum Gasteiger partial charge on any atom is 0.249 e. The number of hydrogen-bond acceptors (Lipinski definition) is 6. The van der Waals surface area contributed by atoms with Gasteiger partial charge in [0.05, 0.1) is 23.8 Å². The number of fused-ring (bicyclic) bond motifs is 1. The SMILES string of the molecule is Cc1sc2c(c1C)C(c1cccs1)=NCC(=O)N2CC(=O)N1CCOCC1. The van der Waals surface area contributed by atoms with Crippen molar-refractivity contribution < 1.29 is 14.3 Å². The molecule has 2 aliphatic heterocycles. The lowest BCUT2D eigenvalue weighted by Crippen LogP contribution is -2.47. The normalized spacial score (nSPS) is 17.6. The Morgan fingerprint density at radius 3 is 2.78 bits per heavy atom. The Balaban J connectivity index is 1.71. The molecule has 1 saturated heterocycles. The number of hydrogen-bond donors (Lipinski definition) is 0. The second kappa shape index (κ2) is 7.53. The zero-order chi connectivity index (χ0) is 19.0. The number of amides is 2. The van der Waals surface area contributed by atoms with E-state index >= 15 is 0 Å². The largest absolute Gasteiger partial charge is 0.378 e. The first kappa shape index (κ1) is 18.3. The molecule has 0 spiro atoms. The lowest BCUT2D eigenvalue weighted by molar-refractivity contribution is -0.134. The third-order valence-electron chi connectivity index (χ3n) is 4.93. The van der Waals surface area contributed by atoms with E-state index in [9.17, 15) is 9.59 Å². The summed E-state index contributed by atoms with van der Waals surface area (Å²) in [6.45, 7) is 6.47. The van der Waals surface area contributed by atoms with Gasteiger partial charge >= 0.3 is 0 Å². The molecule has 2 aliphatic rings. The number of thiophene rings is 2. The maximum absolute atomic E-state index is 12.9. The molecule has 0 saturated carbocycles. The van der Waals surface area contributed by atoms with Crippen LogP contribution in [-0.2, 0) is 14.3 Å². The number of rotatable bonds is 3. The van der Waals surface area contributed by atoms with Gasteiger partial charge in [0.2, 0.25) is 11.8 Å². The molecule has 0 bridgehead atoms. The van der Waals surface area contributed by atoms with Crippen molar-refractivity contribution in [2.24, 2.45) is 4.99 Å². The summed E-state index contributed by atoms with van der Waals surface area (Å²) < 4.78 is 5.32. The Morgan fingerprint density at radius 2 is 2.07 bits per heavy atom. The zero-order valence-electron chi connectivity index (χ0n) is 15.4. The number of carbonyl (C=O) groups is 2. The van der Waals surface area contributed by atoms with Crippen LogP contribution in [0.3, 0.4) is 0 Å². The molecule has 8 heteroatoms. The Hall–Kier alpha value is -2.03. The molecule has 0 aliphatic carbocycles. The minimum absolute atomic E-state index is 0.0409. The second-order valence-electron chi connectivity index (χ2n) is 6.58. The average molecular weight is 404 g/mol. The monoisotopic (exact) mass is 403 g/mol. The molecule has 2 amide bonds. The fraction of sp³-hybridized carbons (Fsp3) is 0.421. The summed E-state index contributed by atoms with van der Waals surface area (Å²) in [5.74, 6) is -0.174. The van der Waals surface area contributed by atoms with Gasteiger partial charge in [-0.1, -0.05) is 6.07 Å². The maximum atomic E-state index is 12.9. The fourth-order valence-corrected chi connectivity index (χ4v) is 5.24. The molecule has 0 atom stereocenters. The molecule has 4 rings (SSSR count). The van der Waals surface area contributed by atoms with Crippen LogP contribution in [0.5, 0.6) is 0 Å². The van der Waals surface area contributed by atoms with Crippen LogP contribution in [-0.4, -0.2) is 61.8 Å². The van der Waals surface area contributed by atoms with E-state index in [1.807, 2.05) is 24.4 Å². The summed E-state index contributed by atoms with van der Waals surface area (Å²) in [6, 6.07) is 4.02. The van der Waals surface area contributed by atoms with Gasteiger partial charge in [-0.05, 0) is 30.9 Å². The van der Waals surface area contributed by atoms with Crippen LogP contribution in [0.25, 0.3) is 0 Å². The van der Waals surface area contributed by atoms with Crippen molar-refractivity contribution in [1.29, 1.82) is 0 Å². The Morgan fingerprint density at radius 1 is 1.30 bits per heavy atom. The minimum atomic E-state index is -0.134. The number of morpholine rings is 1. The van der Waals surface area contributed by atoms with Crippen LogP contribution in [0.1, 0.15) is 20.9 Å². The topological polar surface area (TPSA) is 62.2 Å². The van der Waals surface area contributed by atoms with E-state index in [4.69, 9.17) is 4.74 Å². The molecule has 142 valence electrons. The highest BCUT2D eigenvalue weighted by Gasteiger charge is 2.32. The van der Waals surface area contributed by atoms with E-state index in [1.165, 1.54) is 0 Å². The van der Waals surface area contributed by atoms with Crippen molar-refractivity contribution in [3.8, 4) is 0 Å². The van der Waals surface area contributed by atoms with Crippen LogP contribution in [0.15, 0.2) is 22.5 Å². The van der Waals surface area contributed by atoms with Crippen molar-refractivity contribution in [1.82, 2.24) is 4.90 Å². The smallest absolute Gasteiger partial charge is 0.249 e. The third-order valence-corrected chi connectivity index (χ3v) is 7.04. The van der Waals surface area contributed by atoms with Gasteiger partial charge in [0.15, 0.2) is 0 Å². The standard InChI is InChI=1S/C19H21N3O3S2/c1-12-13(2)27-19-17(12)18(14-4-3-9-26-14)20-10-15(23)22(19)11-16(24)21-5-7-25-8-6-21/h3-4,9H,5-8,10-11H2,1-2H3. The number of aliphatic imine (C=N–C) groups is 1. The van der Waals surface area contributed by atoms with E-state index in [1.54, 1.807) is 32.5 Å². The van der Waals surface area contributed by atoms with Gasteiger partial charge < -0.3 is 9.64 Å². The van der Waals surface area contributed by atoms with Gasteiger partial charge in [0.25, 0.3) is 0 Å². The third kappa shape index (κ3) is 3.44. The van der Waals surface area contributed by atoms with Gasteiger partial charge in [-0.3, -0.25) is 19.5 Å². The minimum Gasteiger partial charge on any atom is -0.378 e.